The standard InChI is InChI=1S/C21H18O3S2/c1-11-5-15(6-12(2)25-11)9-17-19(22)18(21(24)20(17)23)10-16-7-13(3)26-14(4)8-16/h5-10H,1-4H3/p+1. The van der Waals surface area contributed by atoms with Gasteiger partial charge in [0.05, 0.1) is 11.1 Å². The number of allylic oxidation sites excluding steroid dienone is 8. The Balaban J connectivity index is 2.07. The van der Waals surface area contributed by atoms with Gasteiger partial charge >= 0.3 is 0 Å². The number of carbonyl (C=O) groups excluding carboxylic acids is 2. The van der Waals surface area contributed by atoms with Gasteiger partial charge in [-0.1, -0.05) is 11.8 Å². The third kappa shape index (κ3) is 3.79. The Labute approximate surface area is 161 Å². The van der Waals surface area contributed by atoms with Crippen molar-refractivity contribution in [3.8, 4) is 0 Å². The topological polar surface area (TPSA) is 54.4 Å². The first-order valence-corrected chi connectivity index (χ1v) is 9.80. The summed E-state index contributed by atoms with van der Waals surface area (Å²) >= 11 is 3.30. The van der Waals surface area contributed by atoms with Crippen LogP contribution in [0.2, 0.25) is 0 Å². The van der Waals surface area contributed by atoms with Crippen LogP contribution in [0.4, 0.5) is 0 Å². The first-order valence-electron chi connectivity index (χ1n) is 8.16. The van der Waals surface area contributed by atoms with Gasteiger partial charge in [-0.25, -0.2) is 0 Å². The van der Waals surface area contributed by atoms with E-state index in [1.807, 2.05) is 52.0 Å². The van der Waals surface area contributed by atoms with E-state index in [-0.39, 0.29) is 16.9 Å². The number of rotatable bonds is 2. The highest BCUT2D eigenvalue weighted by Crippen LogP contribution is 2.34. The van der Waals surface area contributed by atoms with Crippen LogP contribution in [-0.4, -0.2) is 16.7 Å². The molecule has 2 aliphatic rings. The third-order valence-electron chi connectivity index (χ3n) is 3.95. The van der Waals surface area contributed by atoms with Gasteiger partial charge in [0.25, 0.3) is 0 Å². The maximum Gasteiger partial charge on any atom is 0.237 e. The molecule has 0 fully saturated rings. The van der Waals surface area contributed by atoms with E-state index in [9.17, 15) is 14.7 Å². The van der Waals surface area contributed by atoms with Gasteiger partial charge in [-0.3, -0.25) is 9.59 Å². The van der Waals surface area contributed by atoms with Crippen molar-refractivity contribution in [3.63, 3.8) is 0 Å². The normalized spacial score (nSPS) is 19.2. The summed E-state index contributed by atoms with van der Waals surface area (Å²) in [4.78, 5) is 29.2. The molecule has 3 rings (SSSR count). The van der Waals surface area contributed by atoms with Crippen LogP contribution in [0.1, 0.15) is 29.2 Å². The maximum absolute atomic E-state index is 12.4. The Hall–Kier alpha value is -2.24. The van der Waals surface area contributed by atoms with E-state index in [1.54, 1.807) is 35.3 Å². The second kappa shape index (κ2) is 7.17. The second-order valence-electron chi connectivity index (χ2n) is 6.35. The van der Waals surface area contributed by atoms with Crippen LogP contribution in [0.15, 0.2) is 62.6 Å². The zero-order chi connectivity index (χ0) is 19.0. The third-order valence-corrected chi connectivity index (χ3v) is 5.71. The molecule has 0 amide bonds. The van der Waals surface area contributed by atoms with Crippen molar-refractivity contribution in [2.24, 2.45) is 0 Å². The van der Waals surface area contributed by atoms with Crippen molar-refractivity contribution in [1.29, 1.82) is 0 Å². The Morgan fingerprint density at radius 3 is 2.08 bits per heavy atom. The first-order chi connectivity index (χ1) is 12.2. The summed E-state index contributed by atoms with van der Waals surface area (Å²) in [6.45, 7) is 7.93. The molecular formula is C21H19O3S2+. The molecule has 132 valence electrons. The highest BCUT2D eigenvalue weighted by atomic mass is 32.2. The molecule has 1 aromatic heterocycles. The van der Waals surface area contributed by atoms with E-state index in [0.29, 0.717) is 0 Å². The van der Waals surface area contributed by atoms with Crippen molar-refractivity contribution >= 4 is 40.7 Å². The van der Waals surface area contributed by atoms with Crippen LogP contribution >= 0.6 is 23.1 Å². The van der Waals surface area contributed by atoms with E-state index < -0.39 is 11.6 Å². The van der Waals surface area contributed by atoms with Crippen molar-refractivity contribution < 1.29 is 14.7 Å². The Morgan fingerprint density at radius 1 is 0.923 bits per heavy atom. The number of aliphatic hydroxyl groups excluding tert-OH is 1. The number of aryl methyl sites for hydroxylation is 2. The summed E-state index contributed by atoms with van der Waals surface area (Å²) in [6, 6.07) is 3.87. The predicted molar refractivity (Wildman–Crippen MR) is 109 cm³/mol. The maximum atomic E-state index is 12.4. The van der Waals surface area contributed by atoms with Gasteiger partial charge in [0.2, 0.25) is 32.7 Å². The molecule has 0 radical (unpaired) electrons. The Kier molecular flexibility index (Phi) is 5.12. The highest BCUT2D eigenvalue weighted by Gasteiger charge is 2.35. The molecule has 1 aliphatic carbocycles. The van der Waals surface area contributed by atoms with Crippen LogP contribution in [-0.2, 0) is 9.59 Å². The van der Waals surface area contributed by atoms with Crippen LogP contribution in [0.5, 0.6) is 0 Å². The number of aliphatic hydroxyl groups is 1. The van der Waals surface area contributed by atoms with E-state index in [1.165, 1.54) is 0 Å². The molecule has 1 aliphatic heterocycles. The largest absolute Gasteiger partial charge is 0.506 e. The number of hydrogen-bond donors (Lipinski definition) is 1. The van der Waals surface area contributed by atoms with Gasteiger partial charge in [-0.2, -0.15) is 0 Å². The molecule has 3 nitrogen and oxygen atoms in total. The molecule has 2 heterocycles. The lowest BCUT2D eigenvalue weighted by Gasteiger charge is -2.09. The number of carbonyl (C=O) groups is 2. The fraction of sp³-hybridized carbons (Fsp3) is 0.190. The number of ketones is 2. The highest BCUT2D eigenvalue weighted by molar-refractivity contribution is 8.06. The van der Waals surface area contributed by atoms with E-state index in [0.717, 1.165) is 30.7 Å². The minimum atomic E-state index is -0.663. The van der Waals surface area contributed by atoms with Crippen LogP contribution in [0.3, 0.4) is 0 Å². The molecule has 5 heteroatoms. The summed E-state index contributed by atoms with van der Waals surface area (Å²) in [5.74, 6) is -1.57. The van der Waals surface area contributed by atoms with Gasteiger partial charge in [0.1, 0.15) is 5.76 Å². The zero-order valence-electron chi connectivity index (χ0n) is 15.0. The fourth-order valence-electron chi connectivity index (χ4n) is 3.02. The number of Topliss-reactive ketones (excluding diaryl/α,β-unsaturated/α-hetero) is 2. The summed E-state index contributed by atoms with van der Waals surface area (Å²) < 4.78 is 0. The lowest BCUT2D eigenvalue weighted by atomic mass is 10.1. The molecule has 0 bridgehead atoms. The average Bonchev–Trinajstić information content (AvgIpc) is 2.71. The average molecular weight is 384 g/mol. The molecule has 0 saturated carbocycles. The SMILES string of the molecule is CC1=CC(=CC2=C(O)/C(=C/c3cc(C)[s+]c(C)c3)C(=O)C2=O)C=C(C)S1. The molecule has 0 unspecified atom stereocenters. The summed E-state index contributed by atoms with van der Waals surface area (Å²) in [5, 5.41) is 10.5. The molecule has 0 saturated heterocycles. The van der Waals surface area contributed by atoms with E-state index in [2.05, 4.69) is 0 Å². The van der Waals surface area contributed by atoms with Crippen molar-refractivity contribution in [1.82, 2.24) is 0 Å². The lowest BCUT2D eigenvalue weighted by Crippen LogP contribution is -2.09. The van der Waals surface area contributed by atoms with Gasteiger partial charge in [0.15, 0.2) is 0 Å². The Morgan fingerprint density at radius 2 is 1.50 bits per heavy atom. The minimum absolute atomic E-state index is 0.0587. The lowest BCUT2D eigenvalue weighted by molar-refractivity contribution is -0.131. The number of thioether (sulfide) groups is 1. The molecule has 0 spiro atoms. The van der Waals surface area contributed by atoms with Crippen molar-refractivity contribution in [3.05, 3.63) is 78.0 Å². The quantitative estimate of drug-likeness (QED) is 0.418. The zero-order valence-corrected chi connectivity index (χ0v) is 16.7. The summed E-state index contributed by atoms with van der Waals surface area (Å²) in [6.07, 6.45) is 7.05. The van der Waals surface area contributed by atoms with Crippen LogP contribution < -0.4 is 0 Å². The van der Waals surface area contributed by atoms with E-state index >= 15 is 0 Å². The smallest absolute Gasteiger partial charge is 0.237 e. The Bertz CT molecular complexity index is 948. The van der Waals surface area contributed by atoms with E-state index in [4.69, 9.17) is 0 Å². The molecular weight excluding hydrogens is 364 g/mol. The van der Waals surface area contributed by atoms with Gasteiger partial charge in [-0.05, 0) is 59.1 Å². The van der Waals surface area contributed by atoms with Crippen LogP contribution in [0, 0.1) is 13.8 Å². The molecule has 26 heavy (non-hydrogen) atoms. The monoisotopic (exact) mass is 383 g/mol. The number of hydrogen-bond acceptors (Lipinski definition) is 4. The molecule has 1 N–H and O–H groups in total. The predicted octanol–water partition coefficient (Wildman–Crippen LogP) is 5.47. The van der Waals surface area contributed by atoms with Crippen molar-refractivity contribution in [2.45, 2.75) is 27.7 Å². The summed E-state index contributed by atoms with van der Waals surface area (Å²) in [5.41, 5.74) is 1.72. The van der Waals surface area contributed by atoms with Crippen molar-refractivity contribution in [2.75, 3.05) is 0 Å². The van der Waals surface area contributed by atoms with Gasteiger partial charge in [0, 0.05) is 26.0 Å². The summed E-state index contributed by atoms with van der Waals surface area (Å²) in [7, 11) is 0. The second-order valence-corrected chi connectivity index (χ2v) is 9.33. The van der Waals surface area contributed by atoms with Crippen LogP contribution in [0.25, 0.3) is 6.08 Å². The van der Waals surface area contributed by atoms with Gasteiger partial charge < -0.3 is 5.11 Å². The fourth-order valence-corrected chi connectivity index (χ4v) is 4.82. The molecule has 0 atom stereocenters. The molecule has 1 aromatic rings. The van der Waals surface area contributed by atoms with Gasteiger partial charge in [-0.15, -0.1) is 0 Å². The first kappa shape index (κ1) is 18.5. The minimum Gasteiger partial charge on any atom is -0.506 e. The molecule has 0 aromatic carbocycles.